The fourth-order valence-electron chi connectivity index (χ4n) is 6.83. The SMILES string of the molecule is CCO[Si](CCC[N+](C)=c1ccc2c(-c3ccccc3S(=O)(=O)O)c3ccc(N(CC)c4c(C)cccc4C)cc3oc-2c1)(OCC)OCC. The van der Waals surface area contributed by atoms with E-state index < -0.39 is 18.9 Å². The minimum atomic E-state index is -4.52. The normalized spacial score (nSPS) is 12.9. The molecule has 0 aromatic heterocycles. The number of hydrogen-bond acceptors (Lipinski definition) is 7. The zero-order valence-corrected chi connectivity index (χ0v) is 32.0. The van der Waals surface area contributed by atoms with Crippen LogP contribution in [0, 0.1) is 13.8 Å². The molecule has 0 radical (unpaired) electrons. The molecule has 0 saturated carbocycles. The van der Waals surface area contributed by atoms with Gasteiger partial charge in [-0.2, -0.15) is 8.42 Å². The van der Waals surface area contributed by atoms with Crippen molar-refractivity contribution in [2.24, 2.45) is 0 Å². The van der Waals surface area contributed by atoms with Crippen LogP contribution in [0.2, 0.25) is 6.04 Å². The van der Waals surface area contributed by atoms with E-state index in [0.717, 1.165) is 47.2 Å². The summed E-state index contributed by atoms with van der Waals surface area (Å²) in [6, 6.07) is 25.5. The van der Waals surface area contributed by atoms with Crippen molar-refractivity contribution in [3.63, 3.8) is 0 Å². The van der Waals surface area contributed by atoms with E-state index >= 15 is 0 Å². The van der Waals surface area contributed by atoms with E-state index in [4.69, 9.17) is 17.7 Å². The maximum Gasteiger partial charge on any atom is 0.501 e. The quantitative estimate of drug-likeness (QED) is 0.0503. The van der Waals surface area contributed by atoms with E-state index in [1.807, 2.05) is 64.2 Å². The Labute approximate surface area is 297 Å². The van der Waals surface area contributed by atoms with Gasteiger partial charge in [0.1, 0.15) is 29.8 Å². The summed E-state index contributed by atoms with van der Waals surface area (Å²) in [7, 11) is -5.26. The first kappa shape index (κ1) is 37.4. The van der Waals surface area contributed by atoms with Crippen molar-refractivity contribution in [3.05, 3.63) is 95.3 Å². The van der Waals surface area contributed by atoms with Gasteiger partial charge in [-0.15, -0.1) is 0 Å². The van der Waals surface area contributed by atoms with Gasteiger partial charge in [0.05, 0.1) is 6.07 Å². The van der Waals surface area contributed by atoms with Gasteiger partial charge in [-0.1, -0.05) is 36.4 Å². The number of aryl methyl sites for hydroxylation is 2. The Hall–Kier alpha value is -3.84. The lowest BCUT2D eigenvalue weighted by Gasteiger charge is -2.28. The third-order valence-electron chi connectivity index (χ3n) is 8.97. The highest BCUT2D eigenvalue weighted by Gasteiger charge is 2.40. The van der Waals surface area contributed by atoms with E-state index in [-0.39, 0.29) is 4.90 Å². The van der Waals surface area contributed by atoms with Crippen LogP contribution in [0.3, 0.4) is 0 Å². The number of hydrogen-bond donors (Lipinski definition) is 1. The molecule has 1 heterocycles. The molecule has 1 N–H and O–H groups in total. The van der Waals surface area contributed by atoms with Crippen LogP contribution >= 0.6 is 0 Å². The lowest BCUT2D eigenvalue weighted by molar-refractivity contribution is 0.0707. The minimum Gasteiger partial charge on any atom is -0.456 e. The fraction of sp³-hybridized carbons (Fsp3) is 0.359. The van der Waals surface area contributed by atoms with Crippen molar-refractivity contribution in [3.8, 4) is 22.5 Å². The van der Waals surface area contributed by atoms with Gasteiger partial charge in [0.2, 0.25) is 5.36 Å². The maximum absolute atomic E-state index is 12.6. The predicted molar refractivity (Wildman–Crippen MR) is 203 cm³/mol. The van der Waals surface area contributed by atoms with Gasteiger partial charge in [0.15, 0.2) is 0 Å². The van der Waals surface area contributed by atoms with Crippen LogP contribution in [-0.2, 0) is 23.4 Å². The molecule has 0 amide bonds. The second kappa shape index (κ2) is 16.0. The van der Waals surface area contributed by atoms with Crippen molar-refractivity contribution in [1.29, 1.82) is 0 Å². The number of fused-ring (bicyclic) bond motifs is 2. The molecule has 5 rings (SSSR count). The summed E-state index contributed by atoms with van der Waals surface area (Å²) in [6.07, 6.45) is 0.803. The van der Waals surface area contributed by atoms with E-state index in [1.54, 1.807) is 18.2 Å². The molecule has 0 saturated heterocycles. The summed E-state index contributed by atoms with van der Waals surface area (Å²) < 4.78 is 62.6. The summed E-state index contributed by atoms with van der Waals surface area (Å²) in [6.45, 7) is 15.3. The largest absolute Gasteiger partial charge is 0.501 e. The zero-order chi connectivity index (χ0) is 36.1. The maximum atomic E-state index is 12.6. The summed E-state index contributed by atoms with van der Waals surface area (Å²) in [5.41, 5.74) is 6.83. The highest BCUT2D eigenvalue weighted by atomic mass is 32.2. The highest BCUT2D eigenvalue weighted by molar-refractivity contribution is 7.86. The molecule has 0 atom stereocenters. The molecule has 0 fully saturated rings. The predicted octanol–water partition coefficient (Wildman–Crippen LogP) is 8.07. The molecule has 50 heavy (non-hydrogen) atoms. The van der Waals surface area contributed by atoms with E-state index in [0.29, 0.717) is 48.3 Å². The smallest absolute Gasteiger partial charge is 0.456 e. The molecule has 11 heteroatoms. The molecule has 0 bridgehead atoms. The van der Waals surface area contributed by atoms with E-state index in [1.165, 1.54) is 17.2 Å². The molecule has 9 nitrogen and oxygen atoms in total. The van der Waals surface area contributed by atoms with Crippen molar-refractivity contribution < 1.29 is 30.7 Å². The standard InChI is InChI=1S/C39H48N2O7SSi/c1-8-41(39-28(5)16-14-17-29(39)6)31-21-23-33-36(27-31)48-35-26-30(40(7)24-15-25-50(45-9-2,46-10-3)47-11-4)20-22-32(35)38(33)34-18-12-13-19-37(34)49(42,43)44/h12-14,16-23,26-27H,8-11,15,24-25H2,1-7H3/p+1. The molecular formula is C39H49N2O7SSi+. The molecular weight excluding hydrogens is 669 g/mol. The first-order chi connectivity index (χ1) is 24.0. The van der Waals surface area contributed by atoms with Crippen LogP contribution in [0.25, 0.3) is 33.4 Å². The Morgan fingerprint density at radius 3 is 2.10 bits per heavy atom. The Morgan fingerprint density at radius 2 is 1.48 bits per heavy atom. The van der Waals surface area contributed by atoms with Crippen molar-refractivity contribution in [1.82, 2.24) is 4.58 Å². The van der Waals surface area contributed by atoms with Gasteiger partial charge in [-0.25, -0.2) is 4.58 Å². The Kier molecular flexibility index (Phi) is 12.0. The third-order valence-corrected chi connectivity index (χ3v) is 13.0. The Morgan fingerprint density at radius 1 is 0.820 bits per heavy atom. The molecule has 3 aromatic rings. The first-order valence-corrected chi connectivity index (χ1v) is 20.7. The Balaban J connectivity index is 1.68. The van der Waals surface area contributed by atoms with Crippen molar-refractivity contribution in [2.75, 3.05) is 44.9 Å². The van der Waals surface area contributed by atoms with Gasteiger partial charge < -0.3 is 22.6 Å². The van der Waals surface area contributed by atoms with E-state index in [2.05, 4.69) is 48.4 Å². The monoisotopic (exact) mass is 717 g/mol. The number of anilines is 2. The minimum absolute atomic E-state index is 0.157. The van der Waals surface area contributed by atoms with Gasteiger partial charge in [0, 0.05) is 84.4 Å². The first-order valence-electron chi connectivity index (χ1n) is 17.3. The molecule has 0 unspecified atom stereocenters. The summed E-state index contributed by atoms with van der Waals surface area (Å²) in [5, 5.41) is 1.67. The second-order valence-electron chi connectivity index (χ2n) is 12.3. The van der Waals surface area contributed by atoms with Crippen LogP contribution in [-0.4, -0.2) is 61.7 Å². The number of para-hydroxylation sites is 1. The number of rotatable bonds is 15. The summed E-state index contributed by atoms with van der Waals surface area (Å²) >= 11 is 0. The van der Waals surface area contributed by atoms with Crippen molar-refractivity contribution in [2.45, 2.75) is 58.9 Å². The van der Waals surface area contributed by atoms with Gasteiger partial charge >= 0.3 is 8.80 Å². The fourth-order valence-corrected chi connectivity index (χ4v) is 10.1. The average molecular weight is 718 g/mol. The molecule has 3 aromatic carbocycles. The molecule has 1 aliphatic carbocycles. The van der Waals surface area contributed by atoms with Gasteiger partial charge in [-0.05, 0) is 76.9 Å². The lowest BCUT2D eigenvalue weighted by Crippen LogP contribution is -2.46. The molecule has 0 spiro atoms. The third kappa shape index (κ3) is 7.88. The van der Waals surface area contributed by atoms with Gasteiger partial charge in [0.25, 0.3) is 10.1 Å². The summed E-state index contributed by atoms with van der Waals surface area (Å²) in [4.78, 5) is 2.10. The van der Waals surface area contributed by atoms with Gasteiger partial charge in [-0.3, -0.25) is 4.55 Å². The topological polar surface area (TPSA) is 101 Å². The molecule has 1 aliphatic heterocycles. The van der Waals surface area contributed by atoms with Crippen LogP contribution in [0.15, 0.2) is 88.2 Å². The number of benzene rings is 4. The number of nitrogens with zero attached hydrogens (tertiary/aromatic N) is 2. The van der Waals surface area contributed by atoms with Crippen molar-refractivity contribution >= 4 is 41.3 Å². The van der Waals surface area contributed by atoms with Crippen LogP contribution < -0.4 is 14.8 Å². The Bertz CT molecular complexity index is 2070. The van der Waals surface area contributed by atoms with Crippen LogP contribution in [0.1, 0.15) is 45.2 Å². The average Bonchev–Trinajstić information content (AvgIpc) is 3.08. The summed E-state index contributed by atoms with van der Waals surface area (Å²) in [5.74, 6) is 0.593. The molecule has 266 valence electrons. The van der Waals surface area contributed by atoms with Crippen LogP contribution in [0.4, 0.5) is 11.4 Å². The van der Waals surface area contributed by atoms with Crippen LogP contribution in [0.5, 0.6) is 0 Å². The second-order valence-corrected chi connectivity index (χ2v) is 16.4. The highest BCUT2D eigenvalue weighted by Crippen LogP contribution is 2.43. The zero-order valence-electron chi connectivity index (χ0n) is 30.2. The van der Waals surface area contributed by atoms with E-state index in [9.17, 15) is 13.0 Å². The lowest BCUT2D eigenvalue weighted by atomic mass is 9.93. The molecule has 2 aliphatic rings.